The van der Waals surface area contributed by atoms with Crippen LogP contribution in [0.1, 0.15) is 29.3 Å². The number of carbonyl (C=O) groups excluding carboxylic acids is 1. The molecule has 130 valence electrons. The molecule has 3 heterocycles. The van der Waals surface area contributed by atoms with E-state index in [2.05, 4.69) is 9.97 Å². The number of nitrogen functional groups attached to an aromatic ring is 1. The van der Waals surface area contributed by atoms with E-state index in [-0.39, 0.29) is 22.4 Å². The molecule has 2 aromatic rings. The Morgan fingerprint density at radius 3 is 2.62 bits per heavy atom. The Bertz CT molecular complexity index is 791. The second-order valence-electron chi connectivity index (χ2n) is 5.62. The van der Waals surface area contributed by atoms with Crippen molar-refractivity contribution in [3.05, 3.63) is 17.6 Å². The third-order valence-electron chi connectivity index (χ3n) is 4.12. The maximum absolute atomic E-state index is 11.7. The second kappa shape index (κ2) is 5.98. The fraction of sp³-hybridized carbons (Fsp3) is 0.500. The highest BCUT2D eigenvalue weighted by Crippen LogP contribution is 2.34. The number of rotatable bonds is 4. The molecule has 0 spiro atoms. The lowest BCUT2D eigenvalue weighted by Crippen LogP contribution is -2.33. The summed E-state index contributed by atoms with van der Waals surface area (Å²) in [5.74, 6) is -0.191. The number of aliphatic hydroxyl groups excluding tert-OH is 3. The summed E-state index contributed by atoms with van der Waals surface area (Å²) in [5.41, 5.74) is 11.7. The topological polar surface area (TPSA) is 170 Å². The summed E-state index contributed by atoms with van der Waals surface area (Å²) in [5, 5.41) is 29.6. The predicted octanol–water partition coefficient (Wildman–Crippen LogP) is -1.71. The number of ether oxygens (including phenoxy) is 1. The van der Waals surface area contributed by atoms with Crippen molar-refractivity contribution in [3.63, 3.8) is 0 Å². The Balaban J connectivity index is 2.21. The molecular weight excluding hydrogens is 318 g/mol. The van der Waals surface area contributed by atoms with Crippen LogP contribution in [0.4, 0.5) is 5.82 Å². The molecule has 0 unspecified atom stereocenters. The van der Waals surface area contributed by atoms with Crippen LogP contribution in [-0.2, 0) is 11.2 Å². The van der Waals surface area contributed by atoms with E-state index in [4.69, 9.17) is 16.2 Å². The quantitative estimate of drug-likeness (QED) is 0.439. The van der Waals surface area contributed by atoms with Crippen molar-refractivity contribution in [2.45, 2.75) is 37.9 Å². The Kier molecular flexibility index (Phi) is 4.13. The highest BCUT2D eigenvalue weighted by molar-refractivity contribution is 6.08. The standard InChI is InChI=1S/C14H19N5O5/c1-2-7-17-11(15)8-5(12(16)23)3-19(13(8)18-7)14-10(22)9(21)6(4-20)24-14/h3,6,9-10,14,20-22H,2,4H2,1H3,(H2,16,23)(H2,15,17,18)/t6-,9-,10-,14-/m1/s1. The summed E-state index contributed by atoms with van der Waals surface area (Å²) in [4.78, 5) is 20.2. The van der Waals surface area contributed by atoms with Crippen LogP contribution in [0.5, 0.6) is 0 Å². The van der Waals surface area contributed by atoms with E-state index in [0.717, 1.165) is 0 Å². The van der Waals surface area contributed by atoms with Crippen LogP contribution in [0.2, 0.25) is 0 Å². The number of aromatic nitrogens is 3. The number of aryl methyl sites for hydroxylation is 1. The highest BCUT2D eigenvalue weighted by atomic mass is 16.6. The molecule has 0 aliphatic carbocycles. The summed E-state index contributed by atoms with van der Waals surface area (Å²) < 4.78 is 6.88. The maximum Gasteiger partial charge on any atom is 0.251 e. The average molecular weight is 337 g/mol. The minimum absolute atomic E-state index is 0.0860. The first kappa shape index (κ1) is 16.6. The number of amides is 1. The molecular formula is C14H19N5O5. The third kappa shape index (κ3) is 2.40. The SMILES string of the molecule is CCc1nc(N)c2c(C(N)=O)cn([C@@H]3O[C@H](CO)[C@@H](O)[C@H]3O)c2n1. The van der Waals surface area contributed by atoms with Gasteiger partial charge < -0.3 is 36.1 Å². The smallest absolute Gasteiger partial charge is 0.251 e. The van der Waals surface area contributed by atoms with Gasteiger partial charge in [0.1, 0.15) is 35.6 Å². The average Bonchev–Trinajstić information content (AvgIpc) is 3.07. The Labute approximate surface area is 136 Å². The van der Waals surface area contributed by atoms with Gasteiger partial charge in [-0.15, -0.1) is 0 Å². The number of nitrogens with two attached hydrogens (primary N) is 2. The second-order valence-corrected chi connectivity index (χ2v) is 5.62. The van der Waals surface area contributed by atoms with Gasteiger partial charge in [0.2, 0.25) is 0 Å². The van der Waals surface area contributed by atoms with Crippen molar-refractivity contribution in [2.75, 3.05) is 12.3 Å². The van der Waals surface area contributed by atoms with Crippen molar-refractivity contribution >= 4 is 22.8 Å². The molecule has 24 heavy (non-hydrogen) atoms. The molecule has 0 radical (unpaired) electrons. The van der Waals surface area contributed by atoms with Gasteiger partial charge in [0.05, 0.1) is 17.6 Å². The molecule has 10 heteroatoms. The lowest BCUT2D eigenvalue weighted by molar-refractivity contribution is -0.0509. The van der Waals surface area contributed by atoms with Gasteiger partial charge in [-0.1, -0.05) is 6.92 Å². The van der Waals surface area contributed by atoms with Gasteiger partial charge >= 0.3 is 0 Å². The lowest BCUT2D eigenvalue weighted by Gasteiger charge is -2.17. The van der Waals surface area contributed by atoms with E-state index in [9.17, 15) is 20.1 Å². The summed E-state index contributed by atoms with van der Waals surface area (Å²) in [6.07, 6.45) is -2.74. The van der Waals surface area contributed by atoms with Crippen LogP contribution in [0, 0.1) is 0 Å². The van der Waals surface area contributed by atoms with E-state index < -0.39 is 37.1 Å². The van der Waals surface area contributed by atoms with E-state index in [0.29, 0.717) is 12.2 Å². The summed E-state index contributed by atoms with van der Waals surface area (Å²) in [6, 6.07) is 0. The van der Waals surface area contributed by atoms with Crippen molar-refractivity contribution in [1.82, 2.24) is 14.5 Å². The Morgan fingerprint density at radius 2 is 2.08 bits per heavy atom. The van der Waals surface area contributed by atoms with Gasteiger partial charge in [-0.2, -0.15) is 0 Å². The van der Waals surface area contributed by atoms with Crippen LogP contribution in [0.3, 0.4) is 0 Å². The monoisotopic (exact) mass is 337 g/mol. The number of anilines is 1. The first-order valence-corrected chi connectivity index (χ1v) is 7.48. The van der Waals surface area contributed by atoms with Gasteiger partial charge in [0, 0.05) is 12.6 Å². The van der Waals surface area contributed by atoms with E-state index in [1.165, 1.54) is 10.8 Å². The molecule has 1 fully saturated rings. The maximum atomic E-state index is 11.7. The van der Waals surface area contributed by atoms with Gasteiger partial charge in [-0.05, 0) is 0 Å². The van der Waals surface area contributed by atoms with Crippen LogP contribution >= 0.6 is 0 Å². The Hall–Kier alpha value is -2.27. The fourth-order valence-corrected chi connectivity index (χ4v) is 2.87. The molecule has 1 amide bonds. The van der Waals surface area contributed by atoms with Gasteiger partial charge in [0.15, 0.2) is 6.23 Å². The van der Waals surface area contributed by atoms with Crippen molar-refractivity contribution in [1.29, 1.82) is 0 Å². The summed E-state index contributed by atoms with van der Waals surface area (Å²) in [6.45, 7) is 1.38. The minimum atomic E-state index is -1.32. The normalized spacial score (nSPS) is 27.0. The highest BCUT2D eigenvalue weighted by Gasteiger charge is 2.44. The molecule has 0 saturated carbocycles. The number of carbonyl (C=O) groups is 1. The minimum Gasteiger partial charge on any atom is -0.394 e. The van der Waals surface area contributed by atoms with E-state index in [1.807, 2.05) is 6.92 Å². The molecule has 1 aliphatic heterocycles. The zero-order valence-electron chi connectivity index (χ0n) is 13.0. The zero-order valence-corrected chi connectivity index (χ0v) is 13.0. The van der Waals surface area contributed by atoms with Crippen molar-refractivity contribution < 1.29 is 24.9 Å². The van der Waals surface area contributed by atoms with Crippen LogP contribution in [0.25, 0.3) is 11.0 Å². The number of aliphatic hydroxyl groups is 3. The molecule has 10 nitrogen and oxygen atoms in total. The summed E-state index contributed by atoms with van der Waals surface area (Å²) in [7, 11) is 0. The number of primary amides is 1. The fourth-order valence-electron chi connectivity index (χ4n) is 2.87. The van der Waals surface area contributed by atoms with Gasteiger partial charge in [0.25, 0.3) is 5.91 Å². The molecule has 1 aliphatic rings. The van der Waals surface area contributed by atoms with E-state index >= 15 is 0 Å². The third-order valence-corrected chi connectivity index (χ3v) is 4.12. The zero-order chi connectivity index (χ0) is 17.6. The molecule has 0 bridgehead atoms. The first-order chi connectivity index (χ1) is 11.4. The molecule has 3 rings (SSSR count). The van der Waals surface area contributed by atoms with Crippen LogP contribution in [-0.4, -0.2) is 60.7 Å². The molecule has 7 N–H and O–H groups in total. The molecule has 2 aromatic heterocycles. The van der Waals surface area contributed by atoms with Crippen molar-refractivity contribution in [2.24, 2.45) is 5.73 Å². The van der Waals surface area contributed by atoms with Gasteiger partial charge in [-0.3, -0.25) is 4.79 Å². The summed E-state index contributed by atoms with van der Waals surface area (Å²) >= 11 is 0. The van der Waals surface area contributed by atoms with Crippen molar-refractivity contribution in [3.8, 4) is 0 Å². The molecule has 0 aromatic carbocycles. The van der Waals surface area contributed by atoms with Crippen LogP contribution in [0.15, 0.2) is 6.20 Å². The number of hydrogen-bond donors (Lipinski definition) is 5. The first-order valence-electron chi connectivity index (χ1n) is 7.48. The number of hydrogen-bond acceptors (Lipinski definition) is 8. The van der Waals surface area contributed by atoms with Crippen LogP contribution < -0.4 is 11.5 Å². The molecule has 4 atom stereocenters. The van der Waals surface area contributed by atoms with E-state index in [1.54, 1.807) is 0 Å². The molecule has 1 saturated heterocycles. The number of fused-ring (bicyclic) bond motifs is 1. The largest absolute Gasteiger partial charge is 0.394 e. The lowest BCUT2D eigenvalue weighted by atomic mass is 10.1. The van der Waals surface area contributed by atoms with Gasteiger partial charge in [-0.25, -0.2) is 9.97 Å². The number of nitrogens with zero attached hydrogens (tertiary/aromatic N) is 3. The predicted molar refractivity (Wildman–Crippen MR) is 82.8 cm³/mol. The Morgan fingerprint density at radius 1 is 1.38 bits per heavy atom.